The van der Waals surface area contributed by atoms with Crippen molar-refractivity contribution >= 4 is 55.5 Å². The number of ether oxygens (including phenoxy) is 1. The summed E-state index contributed by atoms with van der Waals surface area (Å²) < 4.78 is 11.6. The number of fused-ring (bicyclic) bond motifs is 13. The SMILES string of the molecule is CO[C@@H]1[C@H](N(C)C(=O)c2ccc(C(=O)O)cc2)C[C@H]2C[C@]1(C)n1c3ccccc3c3c4c(c5c6ccccc6n2c5c31)CNC4. The van der Waals surface area contributed by atoms with Crippen molar-refractivity contribution in [1.82, 2.24) is 19.4 Å². The minimum absolute atomic E-state index is 0.118. The average molecular weight is 599 g/mol. The zero-order valence-electron chi connectivity index (χ0n) is 25.5. The molecule has 8 heteroatoms. The lowest BCUT2D eigenvalue weighted by molar-refractivity contribution is -0.0774. The van der Waals surface area contributed by atoms with E-state index in [-0.39, 0.29) is 29.7 Å². The number of carboxylic acid groups (broad SMARTS) is 1. The van der Waals surface area contributed by atoms with Gasteiger partial charge in [0, 0.05) is 71.4 Å². The molecule has 2 aliphatic heterocycles. The lowest BCUT2D eigenvalue weighted by Crippen LogP contribution is -2.60. The van der Waals surface area contributed by atoms with E-state index < -0.39 is 11.5 Å². The molecule has 4 atom stereocenters. The van der Waals surface area contributed by atoms with Crippen LogP contribution in [0.2, 0.25) is 0 Å². The van der Waals surface area contributed by atoms with Gasteiger partial charge in [0.15, 0.2) is 0 Å². The van der Waals surface area contributed by atoms with Crippen LogP contribution in [0, 0.1) is 0 Å². The predicted octanol–water partition coefficient (Wildman–Crippen LogP) is 6.42. The summed E-state index contributed by atoms with van der Waals surface area (Å²) >= 11 is 0. The first-order chi connectivity index (χ1) is 21.8. The van der Waals surface area contributed by atoms with E-state index in [9.17, 15) is 14.7 Å². The van der Waals surface area contributed by atoms with Gasteiger partial charge >= 0.3 is 5.97 Å². The predicted molar refractivity (Wildman–Crippen MR) is 175 cm³/mol. The average Bonchev–Trinajstić information content (AvgIpc) is 3.74. The summed E-state index contributed by atoms with van der Waals surface area (Å²) in [5, 5.41) is 18.3. The van der Waals surface area contributed by atoms with Gasteiger partial charge in [-0.15, -0.1) is 0 Å². The van der Waals surface area contributed by atoms with Gasteiger partial charge in [0.1, 0.15) is 6.10 Å². The first-order valence-electron chi connectivity index (χ1n) is 15.7. The molecule has 1 fully saturated rings. The topological polar surface area (TPSA) is 88.7 Å². The number of para-hydroxylation sites is 2. The highest BCUT2D eigenvalue weighted by atomic mass is 16.5. The fraction of sp³-hybridized carbons (Fsp3) is 0.297. The van der Waals surface area contributed by atoms with Crippen molar-refractivity contribution in [3.05, 3.63) is 95.1 Å². The number of carbonyl (C=O) groups is 2. The third-order valence-corrected chi connectivity index (χ3v) is 11.0. The Bertz CT molecular complexity index is 2250. The third kappa shape index (κ3) is 3.33. The first-order valence-corrected chi connectivity index (χ1v) is 15.7. The molecule has 3 aliphatic rings. The molecular weight excluding hydrogens is 564 g/mol. The number of aromatic nitrogens is 2. The Kier molecular flexibility index (Phi) is 5.45. The lowest BCUT2D eigenvalue weighted by atomic mass is 9.74. The number of nitrogens with one attached hydrogen (secondary N) is 1. The largest absolute Gasteiger partial charge is 0.478 e. The number of amides is 1. The van der Waals surface area contributed by atoms with Gasteiger partial charge in [-0.2, -0.15) is 0 Å². The highest BCUT2D eigenvalue weighted by Crippen LogP contribution is 2.55. The maximum absolute atomic E-state index is 14.1. The van der Waals surface area contributed by atoms with Crippen molar-refractivity contribution in [3.8, 4) is 0 Å². The second-order valence-corrected chi connectivity index (χ2v) is 13.2. The van der Waals surface area contributed by atoms with Crippen LogP contribution < -0.4 is 5.32 Å². The molecule has 0 unspecified atom stereocenters. The summed E-state index contributed by atoms with van der Waals surface area (Å²) in [5.74, 6) is -1.16. The maximum Gasteiger partial charge on any atom is 0.335 e. The van der Waals surface area contributed by atoms with Gasteiger partial charge in [-0.25, -0.2) is 4.79 Å². The molecule has 1 aliphatic carbocycles. The molecule has 4 heterocycles. The fourth-order valence-electron chi connectivity index (χ4n) is 9.28. The van der Waals surface area contributed by atoms with Crippen LogP contribution in [0.5, 0.6) is 0 Å². The number of aromatic carboxylic acids is 1. The Hall–Kier alpha value is -4.66. The van der Waals surface area contributed by atoms with Crippen LogP contribution in [0.15, 0.2) is 72.8 Å². The van der Waals surface area contributed by atoms with Gasteiger partial charge < -0.3 is 29.2 Å². The van der Waals surface area contributed by atoms with Gasteiger partial charge in [0.05, 0.1) is 28.2 Å². The van der Waals surface area contributed by atoms with E-state index in [1.165, 1.54) is 66.9 Å². The Labute approximate surface area is 259 Å². The summed E-state index contributed by atoms with van der Waals surface area (Å²) in [4.78, 5) is 27.4. The Morgan fingerprint density at radius 1 is 0.889 bits per heavy atom. The van der Waals surface area contributed by atoms with Crippen LogP contribution in [0.1, 0.15) is 57.7 Å². The van der Waals surface area contributed by atoms with E-state index in [0.29, 0.717) is 5.56 Å². The van der Waals surface area contributed by atoms with Gasteiger partial charge in [0.2, 0.25) is 0 Å². The van der Waals surface area contributed by atoms with E-state index in [1.54, 1.807) is 19.2 Å². The molecule has 8 nitrogen and oxygen atoms in total. The molecule has 1 saturated carbocycles. The Balaban J connectivity index is 1.33. The molecule has 2 bridgehead atoms. The quantitative estimate of drug-likeness (QED) is 0.244. The van der Waals surface area contributed by atoms with E-state index in [1.807, 2.05) is 11.9 Å². The number of nitrogens with zero attached hydrogens (tertiary/aromatic N) is 3. The molecule has 2 N–H and O–H groups in total. The highest BCUT2D eigenvalue weighted by molar-refractivity contribution is 6.25. The van der Waals surface area contributed by atoms with Crippen LogP contribution in [-0.2, 0) is 23.4 Å². The van der Waals surface area contributed by atoms with Crippen molar-refractivity contribution in [2.75, 3.05) is 14.2 Å². The first kappa shape index (κ1) is 26.7. The van der Waals surface area contributed by atoms with E-state index >= 15 is 0 Å². The Morgan fingerprint density at radius 3 is 2.16 bits per heavy atom. The van der Waals surface area contributed by atoms with Crippen molar-refractivity contribution < 1.29 is 19.4 Å². The Morgan fingerprint density at radius 2 is 1.49 bits per heavy atom. The second kappa shape index (κ2) is 9.19. The zero-order valence-corrected chi connectivity index (χ0v) is 25.5. The second-order valence-electron chi connectivity index (χ2n) is 13.2. The molecule has 0 spiro atoms. The van der Waals surface area contributed by atoms with Gasteiger partial charge in [-0.05, 0) is 67.3 Å². The van der Waals surface area contributed by atoms with Crippen LogP contribution in [0.3, 0.4) is 0 Å². The van der Waals surface area contributed by atoms with Crippen molar-refractivity contribution in [2.45, 2.75) is 56.6 Å². The summed E-state index contributed by atoms with van der Waals surface area (Å²) in [6, 6.07) is 23.6. The summed E-state index contributed by atoms with van der Waals surface area (Å²) in [6.45, 7) is 4.00. The summed E-state index contributed by atoms with van der Waals surface area (Å²) in [5.41, 5.74) is 7.90. The number of carbonyl (C=O) groups excluding carboxylic acids is 1. The van der Waals surface area contributed by atoms with Gasteiger partial charge in [-0.1, -0.05) is 36.4 Å². The number of rotatable bonds is 4. The van der Waals surface area contributed by atoms with E-state index in [0.717, 1.165) is 25.9 Å². The van der Waals surface area contributed by atoms with Crippen LogP contribution in [-0.4, -0.2) is 57.3 Å². The molecule has 226 valence electrons. The molecular formula is C37H34N4O4. The zero-order chi connectivity index (χ0) is 30.8. The summed E-state index contributed by atoms with van der Waals surface area (Å²) in [7, 11) is 3.64. The molecule has 0 radical (unpaired) electrons. The molecule has 2 aromatic heterocycles. The fourth-order valence-corrected chi connectivity index (χ4v) is 9.28. The summed E-state index contributed by atoms with van der Waals surface area (Å²) in [6.07, 6.45) is 1.30. The number of hydrogen-bond acceptors (Lipinski definition) is 4. The smallest absolute Gasteiger partial charge is 0.335 e. The number of likely N-dealkylation sites (N-methyl/N-ethyl adjacent to an activating group) is 1. The number of benzene rings is 4. The minimum atomic E-state index is -1.01. The molecule has 4 aromatic carbocycles. The van der Waals surface area contributed by atoms with Crippen molar-refractivity contribution in [1.29, 1.82) is 0 Å². The van der Waals surface area contributed by atoms with Crippen LogP contribution in [0.25, 0.3) is 43.6 Å². The van der Waals surface area contributed by atoms with Crippen molar-refractivity contribution in [3.63, 3.8) is 0 Å². The van der Waals surface area contributed by atoms with Gasteiger partial charge in [0.25, 0.3) is 5.91 Å². The number of hydrogen-bond donors (Lipinski definition) is 2. The van der Waals surface area contributed by atoms with Gasteiger partial charge in [-0.3, -0.25) is 4.79 Å². The molecule has 6 aromatic rings. The normalized spacial score (nSPS) is 23.7. The van der Waals surface area contributed by atoms with Crippen molar-refractivity contribution in [2.24, 2.45) is 0 Å². The molecule has 45 heavy (non-hydrogen) atoms. The maximum atomic E-state index is 14.1. The number of carboxylic acids is 1. The highest BCUT2D eigenvalue weighted by Gasteiger charge is 2.53. The van der Waals surface area contributed by atoms with Crippen LogP contribution in [0.4, 0.5) is 0 Å². The van der Waals surface area contributed by atoms with E-state index in [4.69, 9.17) is 4.74 Å². The third-order valence-electron chi connectivity index (χ3n) is 11.0. The standard InChI is InChI=1S/C37H34N4O4/c1-37-17-22(16-29(34(37)45-3)39(2)35(42)20-12-14-21(15-13-20)36(43)44)40-27-10-6-4-8-23(27)30-25-18-38-19-26(25)31-24-9-5-7-11-28(24)41(37)33(31)32(30)40/h4-15,22,29,34,38H,16-19H2,1-3H3,(H,43,44)/t22-,29+,34+,37-/m0/s1. The minimum Gasteiger partial charge on any atom is -0.478 e. The number of methoxy groups -OCH3 is 1. The van der Waals surface area contributed by atoms with Crippen LogP contribution >= 0.6 is 0 Å². The monoisotopic (exact) mass is 598 g/mol. The molecule has 0 saturated heterocycles. The lowest BCUT2D eigenvalue weighted by Gasteiger charge is -2.51. The van der Waals surface area contributed by atoms with E-state index in [2.05, 4.69) is 69.9 Å². The molecule has 1 amide bonds. The molecule has 9 rings (SSSR count).